The van der Waals surface area contributed by atoms with Gasteiger partial charge in [-0.15, -0.1) is 0 Å². The number of para-hydroxylation sites is 1. The number of rotatable bonds is 4. The van der Waals surface area contributed by atoms with Crippen molar-refractivity contribution in [2.24, 2.45) is 7.05 Å². The molecule has 0 bridgehead atoms. The summed E-state index contributed by atoms with van der Waals surface area (Å²) in [5.74, 6) is 0.797. The van der Waals surface area contributed by atoms with Gasteiger partial charge in [-0.2, -0.15) is 0 Å². The first-order valence-corrected chi connectivity index (χ1v) is 9.27. The maximum Gasteiger partial charge on any atom is 0.261 e. The largest absolute Gasteiger partial charge is 0.298 e. The Bertz CT molecular complexity index is 1100. The third kappa shape index (κ3) is 3.30. The van der Waals surface area contributed by atoms with Gasteiger partial charge in [-0.25, -0.2) is 9.97 Å². The van der Waals surface area contributed by atoms with Gasteiger partial charge in [-0.1, -0.05) is 12.1 Å². The van der Waals surface area contributed by atoms with E-state index in [1.54, 1.807) is 28.6 Å². The lowest BCUT2D eigenvalue weighted by Crippen LogP contribution is -2.34. The molecule has 7 nitrogen and oxygen atoms in total. The maximum absolute atomic E-state index is 12.7. The molecule has 0 spiro atoms. The minimum Gasteiger partial charge on any atom is -0.298 e. The van der Waals surface area contributed by atoms with Gasteiger partial charge in [0, 0.05) is 31.9 Å². The first-order valence-electron chi connectivity index (χ1n) is 9.27. The Morgan fingerprint density at radius 1 is 1.19 bits per heavy atom. The lowest BCUT2D eigenvalue weighted by molar-refractivity contribution is 0.233. The highest BCUT2D eigenvalue weighted by Crippen LogP contribution is 2.30. The van der Waals surface area contributed by atoms with Crippen molar-refractivity contribution < 1.29 is 0 Å². The Kier molecular flexibility index (Phi) is 4.61. The average molecular weight is 365 g/mol. The third-order valence-electron chi connectivity index (χ3n) is 5.32. The van der Waals surface area contributed by atoms with Gasteiger partial charge in [0.2, 0.25) is 0 Å². The van der Waals surface area contributed by atoms with E-state index in [1.165, 1.54) is 0 Å². The molecule has 1 fully saturated rings. The lowest BCUT2D eigenvalue weighted by atomic mass is 10.1. The van der Waals surface area contributed by atoms with Crippen LogP contribution < -0.4 is 11.1 Å². The van der Waals surface area contributed by atoms with Gasteiger partial charge in [0.05, 0.1) is 23.3 Å². The number of hydrogen-bond donors (Lipinski definition) is 0. The molecule has 0 saturated carbocycles. The van der Waals surface area contributed by atoms with Gasteiger partial charge in [-0.3, -0.25) is 23.6 Å². The molecular formula is C20H23N5O2. The fraction of sp³-hybridized carbons (Fsp3) is 0.400. The Hall–Kier alpha value is -2.80. The highest BCUT2D eigenvalue weighted by atomic mass is 16.1. The lowest BCUT2D eigenvalue weighted by Gasteiger charge is -2.25. The number of hydrogen-bond acceptors (Lipinski definition) is 5. The fourth-order valence-corrected chi connectivity index (χ4v) is 3.84. The van der Waals surface area contributed by atoms with E-state index in [0.717, 1.165) is 43.0 Å². The summed E-state index contributed by atoms with van der Waals surface area (Å²) in [6.07, 6.45) is 3.61. The van der Waals surface area contributed by atoms with Crippen molar-refractivity contribution in [3.63, 3.8) is 0 Å². The van der Waals surface area contributed by atoms with Crippen LogP contribution in [0.2, 0.25) is 0 Å². The second-order valence-corrected chi connectivity index (χ2v) is 7.11. The van der Waals surface area contributed by atoms with Gasteiger partial charge in [0.25, 0.3) is 11.1 Å². The minimum atomic E-state index is -0.0329. The molecule has 3 aromatic rings. The van der Waals surface area contributed by atoms with Crippen LogP contribution in [-0.4, -0.2) is 37.1 Å². The molecule has 140 valence electrons. The number of aromatic nitrogens is 4. The molecule has 1 atom stereocenters. The summed E-state index contributed by atoms with van der Waals surface area (Å²) in [6, 6.07) is 9.11. The number of likely N-dealkylation sites (tertiary alicyclic amines) is 1. The van der Waals surface area contributed by atoms with Crippen LogP contribution in [0.25, 0.3) is 10.9 Å². The predicted molar refractivity (Wildman–Crippen MR) is 104 cm³/mol. The number of nitrogens with zero attached hydrogens (tertiary/aromatic N) is 5. The first-order chi connectivity index (χ1) is 13.0. The predicted octanol–water partition coefficient (Wildman–Crippen LogP) is 1.64. The number of fused-ring (bicyclic) bond motifs is 1. The van der Waals surface area contributed by atoms with Gasteiger partial charge in [-0.05, 0) is 38.4 Å². The molecule has 1 saturated heterocycles. The molecule has 1 aliphatic heterocycles. The van der Waals surface area contributed by atoms with E-state index >= 15 is 0 Å². The first kappa shape index (κ1) is 17.6. The topological polar surface area (TPSA) is 73.0 Å². The molecule has 0 radical (unpaired) electrons. The Labute approximate surface area is 156 Å². The molecule has 3 heterocycles. The molecule has 1 aromatic carbocycles. The summed E-state index contributed by atoms with van der Waals surface area (Å²) in [4.78, 5) is 36.1. The molecular weight excluding hydrogens is 342 g/mol. The highest BCUT2D eigenvalue weighted by molar-refractivity contribution is 5.77. The van der Waals surface area contributed by atoms with Gasteiger partial charge < -0.3 is 0 Å². The van der Waals surface area contributed by atoms with E-state index in [2.05, 4.69) is 9.88 Å². The molecule has 4 rings (SSSR count). The van der Waals surface area contributed by atoms with Crippen molar-refractivity contribution in [1.82, 2.24) is 24.0 Å². The van der Waals surface area contributed by atoms with Crippen LogP contribution in [0.3, 0.4) is 0 Å². The monoisotopic (exact) mass is 365 g/mol. The summed E-state index contributed by atoms with van der Waals surface area (Å²) in [5.41, 5.74) is 1.42. The van der Waals surface area contributed by atoms with Crippen LogP contribution in [-0.2, 0) is 13.6 Å². The molecule has 27 heavy (non-hydrogen) atoms. The number of benzene rings is 1. The third-order valence-corrected chi connectivity index (χ3v) is 5.32. The van der Waals surface area contributed by atoms with Crippen LogP contribution in [0.4, 0.5) is 0 Å². The zero-order valence-electron chi connectivity index (χ0n) is 15.6. The normalized spacial score (nSPS) is 17.6. The van der Waals surface area contributed by atoms with Crippen LogP contribution in [0.5, 0.6) is 0 Å². The standard InChI is InChI=1S/C20H23N5O2/c1-14-12-18(26)25(13-21-14)11-10-24-9-5-8-17(24)19-22-16-7-4-3-6-15(16)20(27)23(19)2/h3-4,6-7,12-13,17H,5,8-11H2,1-2H3. The zero-order chi connectivity index (χ0) is 19.0. The Morgan fingerprint density at radius 3 is 2.81 bits per heavy atom. The van der Waals surface area contributed by atoms with E-state index < -0.39 is 0 Å². The summed E-state index contributed by atoms with van der Waals surface area (Å²) in [5, 5.41) is 0.644. The molecule has 7 heteroatoms. The molecule has 0 N–H and O–H groups in total. The summed E-state index contributed by atoms with van der Waals surface area (Å²) in [6.45, 7) is 4.04. The molecule has 1 unspecified atom stereocenters. The Balaban J connectivity index is 1.62. The number of aryl methyl sites for hydroxylation is 1. The molecule has 0 amide bonds. The smallest absolute Gasteiger partial charge is 0.261 e. The summed E-state index contributed by atoms with van der Waals surface area (Å²) < 4.78 is 3.31. The van der Waals surface area contributed by atoms with Crippen molar-refractivity contribution in [3.05, 3.63) is 68.9 Å². The maximum atomic E-state index is 12.7. The van der Waals surface area contributed by atoms with Crippen molar-refractivity contribution in [2.75, 3.05) is 13.1 Å². The molecule has 0 aliphatic carbocycles. The van der Waals surface area contributed by atoms with E-state index in [-0.39, 0.29) is 17.2 Å². The van der Waals surface area contributed by atoms with Gasteiger partial charge in [0.1, 0.15) is 5.82 Å². The summed E-state index contributed by atoms with van der Waals surface area (Å²) in [7, 11) is 1.79. The molecule has 2 aromatic heterocycles. The SMILES string of the molecule is Cc1cc(=O)n(CCN2CCCC2c2nc3ccccc3c(=O)n2C)cn1. The zero-order valence-corrected chi connectivity index (χ0v) is 15.6. The van der Waals surface area contributed by atoms with E-state index in [1.807, 2.05) is 31.2 Å². The van der Waals surface area contributed by atoms with Crippen molar-refractivity contribution in [3.8, 4) is 0 Å². The average Bonchev–Trinajstić information content (AvgIpc) is 3.12. The van der Waals surface area contributed by atoms with Crippen molar-refractivity contribution >= 4 is 10.9 Å². The summed E-state index contributed by atoms with van der Waals surface area (Å²) >= 11 is 0. The highest BCUT2D eigenvalue weighted by Gasteiger charge is 2.29. The van der Waals surface area contributed by atoms with Crippen molar-refractivity contribution in [2.45, 2.75) is 32.4 Å². The second-order valence-electron chi connectivity index (χ2n) is 7.11. The van der Waals surface area contributed by atoms with E-state index in [9.17, 15) is 9.59 Å². The second kappa shape index (κ2) is 7.08. The Morgan fingerprint density at radius 2 is 2.00 bits per heavy atom. The fourth-order valence-electron chi connectivity index (χ4n) is 3.84. The van der Waals surface area contributed by atoms with Crippen LogP contribution >= 0.6 is 0 Å². The van der Waals surface area contributed by atoms with Gasteiger partial charge in [0.15, 0.2) is 0 Å². The van der Waals surface area contributed by atoms with E-state index in [0.29, 0.717) is 11.9 Å². The minimum absolute atomic E-state index is 0.0126. The van der Waals surface area contributed by atoms with Crippen molar-refractivity contribution in [1.29, 1.82) is 0 Å². The van der Waals surface area contributed by atoms with Crippen LogP contribution in [0.1, 0.15) is 30.4 Å². The van der Waals surface area contributed by atoms with Gasteiger partial charge >= 0.3 is 0 Å². The van der Waals surface area contributed by atoms with Crippen LogP contribution in [0.15, 0.2) is 46.2 Å². The van der Waals surface area contributed by atoms with Crippen LogP contribution in [0, 0.1) is 6.92 Å². The van der Waals surface area contributed by atoms with E-state index in [4.69, 9.17) is 4.98 Å². The molecule has 1 aliphatic rings. The quantitative estimate of drug-likeness (QED) is 0.703.